The van der Waals surface area contributed by atoms with Gasteiger partial charge < -0.3 is 9.13 Å². The minimum Gasteiger partial charge on any atom is -0.309 e. The largest absolute Gasteiger partial charge is 0.309 e. The third-order valence-corrected chi connectivity index (χ3v) is 10.1. The number of hydrogen-bond donors (Lipinski definition) is 0. The highest BCUT2D eigenvalue weighted by Gasteiger charge is 2.17. The minimum absolute atomic E-state index is 1.16. The molecule has 0 N–H and O–H groups in total. The molecule has 50 heavy (non-hydrogen) atoms. The molecule has 0 bridgehead atoms. The minimum atomic E-state index is 1.16. The molecule has 0 aliphatic heterocycles. The third-order valence-electron chi connectivity index (χ3n) is 10.1. The lowest BCUT2D eigenvalue weighted by atomic mass is 9.94. The van der Waals surface area contributed by atoms with Gasteiger partial charge in [0, 0.05) is 32.9 Å². The van der Waals surface area contributed by atoms with Gasteiger partial charge in [0.05, 0.1) is 22.1 Å². The van der Waals surface area contributed by atoms with Crippen LogP contribution in [0.25, 0.3) is 88.4 Å². The van der Waals surface area contributed by atoms with Crippen LogP contribution >= 0.6 is 0 Å². The summed E-state index contributed by atoms with van der Waals surface area (Å²) in [7, 11) is 0. The Morgan fingerprint density at radius 3 is 1.30 bits per heavy atom. The topological polar surface area (TPSA) is 9.86 Å². The van der Waals surface area contributed by atoms with E-state index in [-0.39, 0.29) is 0 Å². The molecule has 0 fully saturated rings. The van der Waals surface area contributed by atoms with Gasteiger partial charge in [-0.3, -0.25) is 0 Å². The summed E-state index contributed by atoms with van der Waals surface area (Å²) in [5.41, 5.74) is 14.5. The summed E-state index contributed by atoms with van der Waals surface area (Å²) >= 11 is 0. The molecule has 0 unspecified atom stereocenters. The molecule has 2 nitrogen and oxygen atoms in total. The van der Waals surface area contributed by atoms with Crippen molar-refractivity contribution in [3.63, 3.8) is 0 Å². The molecule has 0 spiro atoms. The Kier molecular flexibility index (Phi) is 6.53. The van der Waals surface area contributed by atoms with Crippen LogP contribution in [0, 0.1) is 0 Å². The molecule has 10 aromatic rings. The summed E-state index contributed by atoms with van der Waals surface area (Å²) in [5, 5.41) is 5.01. The molecule has 8 aromatic carbocycles. The maximum Gasteiger partial charge on any atom is 0.0547 e. The van der Waals surface area contributed by atoms with Gasteiger partial charge in [-0.15, -0.1) is 0 Å². The van der Waals surface area contributed by atoms with Crippen molar-refractivity contribution in [3.05, 3.63) is 194 Å². The number of rotatable bonds is 5. The van der Waals surface area contributed by atoms with E-state index in [0.717, 1.165) is 5.69 Å². The van der Waals surface area contributed by atoms with Gasteiger partial charge in [-0.25, -0.2) is 0 Å². The standard InChI is InChI=1S/C48H32N2/c1-4-14-33(15-5-1)39-20-10-11-21-40(39)36-24-27-42-44-31-35(26-29-47(44)50(48(42)32-36)38-18-8-3-9-19-38)34-25-28-46-43(30-34)41-22-12-13-23-45(41)49(46)37-16-6-2-7-17-37/h1-32H. The van der Waals surface area contributed by atoms with E-state index in [2.05, 4.69) is 203 Å². The van der Waals surface area contributed by atoms with Gasteiger partial charge in [-0.2, -0.15) is 0 Å². The predicted octanol–water partition coefficient (Wildman–Crippen LogP) is 12.9. The first-order valence-corrected chi connectivity index (χ1v) is 17.2. The Morgan fingerprint density at radius 2 is 0.680 bits per heavy atom. The van der Waals surface area contributed by atoms with Crippen LogP contribution in [0.4, 0.5) is 0 Å². The van der Waals surface area contributed by atoms with Gasteiger partial charge in [0.2, 0.25) is 0 Å². The summed E-state index contributed by atoms with van der Waals surface area (Å²) in [6, 6.07) is 70.4. The Morgan fingerprint density at radius 1 is 0.240 bits per heavy atom. The lowest BCUT2D eigenvalue weighted by molar-refractivity contribution is 1.18. The lowest BCUT2D eigenvalue weighted by Gasteiger charge is -2.12. The van der Waals surface area contributed by atoms with Crippen molar-refractivity contribution in [2.45, 2.75) is 0 Å². The van der Waals surface area contributed by atoms with Crippen LogP contribution in [0.15, 0.2) is 194 Å². The normalized spacial score (nSPS) is 11.6. The second-order valence-electron chi connectivity index (χ2n) is 13.0. The van der Waals surface area contributed by atoms with E-state index < -0.39 is 0 Å². The molecular formula is C48H32N2. The molecule has 10 rings (SSSR count). The lowest BCUT2D eigenvalue weighted by Crippen LogP contribution is -1.94. The Balaban J connectivity index is 1.17. The highest BCUT2D eigenvalue weighted by Crippen LogP contribution is 2.40. The van der Waals surface area contributed by atoms with Gasteiger partial charge in [0.15, 0.2) is 0 Å². The van der Waals surface area contributed by atoms with Crippen LogP contribution in [0.5, 0.6) is 0 Å². The number of nitrogens with zero attached hydrogens (tertiary/aromatic N) is 2. The average molecular weight is 637 g/mol. The number of aromatic nitrogens is 2. The van der Waals surface area contributed by atoms with Crippen LogP contribution in [-0.4, -0.2) is 9.13 Å². The highest BCUT2D eigenvalue weighted by atomic mass is 15.0. The fourth-order valence-electron chi connectivity index (χ4n) is 7.84. The van der Waals surface area contributed by atoms with E-state index in [1.165, 1.54) is 82.7 Å². The summed E-state index contributed by atoms with van der Waals surface area (Å²) in [6.45, 7) is 0. The smallest absolute Gasteiger partial charge is 0.0547 e. The molecule has 0 atom stereocenters. The van der Waals surface area contributed by atoms with Gasteiger partial charge in [-0.05, 0) is 94.0 Å². The van der Waals surface area contributed by atoms with Crippen LogP contribution < -0.4 is 0 Å². The highest BCUT2D eigenvalue weighted by molar-refractivity contribution is 6.13. The van der Waals surface area contributed by atoms with Crippen molar-refractivity contribution in [1.82, 2.24) is 9.13 Å². The first kappa shape index (κ1) is 28.4. The summed E-state index contributed by atoms with van der Waals surface area (Å²) < 4.78 is 4.79. The molecule has 2 aromatic heterocycles. The molecule has 0 aliphatic rings. The second kappa shape index (κ2) is 11.5. The predicted molar refractivity (Wildman–Crippen MR) is 211 cm³/mol. The van der Waals surface area contributed by atoms with Crippen molar-refractivity contribution in [2.24, 2.45) is 0 Å². The zero-order valence-electron chi connectivity index (χ0n) is 27.4. The summed E-state index contributed by atoms with van der Waals surface area (Å²) in [6.07, 6.45) is 0. The number of hydrogen-bond acceptors (Lipinski definition) is 0. The van der Waals surface area contributed by atoms with Crippen LogP contribution in [0.1, 0.15) is 0 Å². The van der Waals surface area contributed by atoms with E-state index in [4.69, 9.17) is 0 Å². The fraction of sp³-hybridized carbons (Fsp3) is 0. The van der Waals surface area contributed by atoms with Crippen molar-refractivity contribution in [1.29, 1.82) is 0 Å². The van der Waals surface area contributed by atoms with Crippen LogP contribution in [0.2, 0.25) is 0 Å². The van der Waals surface area contributed by atoms with Gasteiger partial charge in [0.1, 0.15) is 0 Å². The first-order valence-electron chi connectivity index (χ1n) is 17.2. The Labute approximate surface area is 290 Å². The monoisotopic (exact) mass is 636 g/mol. The zero-order valence-corrected chi connectivity index (χ0v) is 27.4. The maximum atomic E-state index is 2.42. The maximum absolute atomic E-state index is 2.42. The molecule has 0 saturated heterocycles. The Bertz CT molecular complexity index is 2840. The second-order valence-corrected chi connectivity index (χ2v) is 13.0. The third kappa shape index (κ3) is 4.50. The molecule has 234 valence electrons. The molecule has 2 heteroatoms. The number of fused-ring (bicyclic) bond motifs is 6. The first-order chi connectivity index (χ1) is 24.8. The molecule has 0 aliphatic carbocycles. The van der Waals surface area contributed by atoms with Gasteiger partial charge in [0.25, 0.3) is 0 Å². The molecule has 0 amide bonds. The summed E-state index contributed by atoms with van der Waals surface area (Å²) in [5.74, 6) is 0. The van der Waals surface area contributed by atoms with E-state index in [9.17, 15) is 0 Å². The van der Waals surface area contributed by atoms with Crippen molar-refractivity contribution in [2.75, 3.05) is 0 Å². The SMILES string of the molecule is c1ccc(-c2ccccc2-c2ccc3c4cc(-c5ccc6c(c5)c5ccccc5n6-c5ccccc5)ccc4n(-c4ccccc4)c3c2)cc1. The van der Waals surface area contributed by atoms with E-state index in [0.29, 0.717) is 0 Å². The molecule has 0 radical (unpaired) electrons. The van der Waals surface area contributed by atoms with E-state index >= 15 is 0 Å². The zero-order chi connectivity index (χ0) is 33.0. The van der Waals surface area contributed by atoms with Gasteiger partial charge >= 0.3 is 0 Å². The van der Waals surface area contributed by atoms with E-state index in [1.54, 1.807) is 0 Å². The molecule has 0 saturated carbocycles. The number of para-hydroxylation sites is 3. The van der Waals surface area contributed by atoms with Crippen LogP contribution in [-0.2, 0) is 0 Å². The quantitative estimate of drug-likeness (QED) is 0.178. The van der Waals surface area contributed by atoms with Crippen molar-refractivity contribution >= 4 is 43.6 Å². The Hall–Kier alpha value is -6.64. The molecular weight excluding hydrogens is 605 g/mol. The van der Waals surface area contributed by atoms with Crippen LogP contribution in [0.3, 0.4) is 0 Å². The average Bonchev–Trinajstić information content (AvgIpc) is 3.70. The van der Waals surface area contributed by atoms with Gasteiger partial charge in [-0.1, -0.05) is 133 Å². The molecule has 2 heterocycles. The van der Waals surface area contributed by atoms with Crippen molar-refractivity contribution < 1.29 is 0 Å². The van der Waals surface area contributed by atoms with E-state index in [1.807, 2.05) is 0 Å². The van der Waals surface area contributed by atoms with Crippen molar-refractivity contribution in [3.8, 4) is 44.8 Å². The fourth-order valence-corrected chi connectivity index (χ4v) is 7.84. The summed E-state index contributed by atoms with van der Waals surface area (Å²) in [4.78, 5) is 0. The number of benzene rings is 8.